The molecule has 2 nitrogen and oxygen atoms in total. The zero-order valence-corrected chi connectivity index (χ0v) is 7.36. The molecular weight excluding hydrogens is 136 g/mol. The molecule has 0 rings (SSSR count). The molecule has 11 heavy (non-hydrogen) atoms. The maximum absolute atomic E-state index is 6.69. The van der Waals surface area contributed by atoms with Crippen LogP contribution >= 0.6 is 0 Å². The van der Waals surface area contributed by atoms with E-state index in [0.29, 0.717) is 0 Å². The van der Waals surface area contributed by atoms with Gasteiger partial charge in [0.25, 0.3) is 0 Å². The van der Waals surface area contributed by atoms with Crippen LogP contribution in [0.5, 0.6) is 0 Å². The maximum atomic E-state index is 6.69. The molecule has 0 aromatic carbocycles. The van der Waals surface area contributed by atoms with Gasteiger partial charge in [0, 0.05) is 6.54 Å². The number of hydrogen-bond acceptors (Lipinski definition) is 1. The highest BCUT2D eigenvalue weighted by molar-refractivity contribution is 4.47. The number of nitrogens with one attached hydrogen (secondary N) is 2. The highest BCUT2D eigenvalue weighted by atomic mass is 15.2. The smallest absolute Gasteiger partial charge is 0.0113 e. The molecule has 0 aliphatic heterocycles. The fourth-order valence-corrected chi connectivity index (χ4v) is 1.10. The molecule has 2 heteroatoms. The van der Waals surface area contributed by atoms with Crippen molar-refractivity contribution in [3.8, 4) is 0 Å². The van der Waals surface area contributed by atoms with E-state index in [4.69, 9.17) is 5.84 Å². The Kier molecular flexibility index (Phi) is 9.85. The first-order valence-corrected chi connectivity index (χ1v) is 4.60. The molecule has 0 heterocycles. The molecule has 0 saturated heterocycles. The van der Waals surface area contributed by atoms with Crippen LogP contribution in [0.4, 0.5) is 0 Å². The van der Waals surface area contributed by atoms with Gasteiger partial charge in [0.05, 0.1) is 0 Å². The van der Waals surface area contributed by atoms with Crippen molar-refractivity contribution in [1.82, 2.24) is 11.3 Å². The van der Waals surface area contributed by atoms with E-state index >= 15 is 0 Å². The van der Waals surface area contributed by atoms with Crippen molar-refractivity contribution in [2.75, 3.05) is 6.54 Å². The predicted octanol–water partition coefficient (Wildman–Crippen LogP) is 2.34. The summed E-state index contributed by atoms with van der Waals surface area (Å²) < 4.78 is 0. The van der Waals surface area contributed by atoms with Crippen LogP contribution in [0.25, 0.3) is 0 Å². The first-order valence-electron chi connectivity index (χ1n) is 4.60. The van der Waals surface area contributed by atoms with E-state index in [0.717, 1.165) is 19.4 Å². The standard InChI is InChI=1S/C9H20N2/c1-2-3-4-5-6-7-8-9-11-10/h10-11H,1-9H2. The SMILES string of the molecule is [CH2]CCCCCCCCN[NH]. The minimum absolute atomic E-state index is 0.843. The summed E-state index contributed by atoms with van der Waals surface area (Å²) in [4.78, 5) is 0. The summed E-state index contributed by atoms with van der Waals surface area (Å²) in [5, 5.41) is 0. The molecule has 0 amide bonds. The second-order valence-corrected chi connectivity index (χ2v) is 2.90. The van der Waals surface area contributed by atoms with Gasteiger partial charge in [-0.2, -0.15) is 5.84 Å². The Morgan fingerprint density at radius 1 is 0.909 bits per heavy atom. The fourth-order valence-electron chi connectivity index (χ4n) is 1.10. The van der Waals surface area contributed by atoms with Crippen LogP contribution in [-0.4, -0.2) is 6.54 Å². The predicted molar refractivity (Wildman–Crippen MR) is 48.8 cm³/mol. The number of unbranched alkanes of at least 4 members (excludes halogenated alkanes) is 6. The molecule has 66 valence electrons. The average molecular weight is 156 g/mol. The first-order chi connectivity index (χ1) is 5.41. The zero-order valence-electron chi connectivity index (χ0n) is 7.36. The lowest BCUT2D eigenvalue weighted by Crippen LogP contribution is -2.10. The minimum atomic E-state index is 0.843. The van der Waals surface area contributed by atoms with Crippen LogP contribution in [-0.2, 0) is 0 Å². The van der Waals surface area contributed by atoms with Gasteiger partial charge >= 0.3 is 0 Å². The summed E-state index contributed by atoms with van der Waals surface area (Å²) in [6.45, 7) is 4.64. The van der Waals surface area contributed by atoms with Gasteiger partial charge in [-0.15, -0.1) is 0 Å². The van der Waals surface area contributed by atoms with E-state index in [2.05, 4.69) is 12.3 Å². The topological polar surface area (TPSA) is 35.8 Å². The summed E-state index contributed by atoms with van der Waals surface area (Å²) in [6, 6.07) is 0. The van der Waals surface area contributed by atoms with E-state index in [1.165, 1.54) is 32.1 Å². The molecule has 2 radical (unpaired) electrons. The second kappa shape index (κ2) is 9.92. The second-order valence-electron chi connectivity index (χ2n) is 2.90. The van der Waals surface area contributed by atoms with Crippen LogP contribution in [0.2, 0.25) is 0 Å². The van der Waals surface area contributed by atoms with Crippen LogP contribution in [0.1, 0.15) is 44.9 Å². The van der Waals surface area contributed by atoms with Crippen molar-refractivity contribution in [2.24, 2.45) is 0 Å². The molecule has 0 aromatic heterocycles. The molecule has 0 fully saturated rings. The Labute approximate surface area is 70.5 Å². The van der Waals surface area contributed by atoms with Crippen LogP contribution < -0.4 is 11.3 Å². The van der Waals surface area contributed by atoms with Gasteiger partial charge in [-0.3, -0.25) is 0 Å². The van der Waals surface area contributed by atoms with Crippen molar-refractivity contribution < 1.29 is 0 Å². The number of rotatable bonds is 8. The van der Waals surface area contributed by atoms with Gasteiger partial charge in [0.1, 0.15) is 0 Å². The molecule has 0 saturated carbocycles. The quantitative estimate of drug-likeness (QED) is 0.425. The van der Waals surface area contributed by atoms with Gasteiger partial charge in [0.2, 0.25) is 0 Å². The van der Waals surface area contributed by atoms with E-state index in [-0.39, 0.29) is 0 Å². The third-order valence-corrected chi connectivity index (χ3v) is 1.80. The highest BCUT2D eigenvalue weighted by Gasteiger charge is 1.88. The van der Waals surface area contributed by atoms with Gasteiger partial charge in [-0.1, -0.05) is 45.4 Å². The first kappa shape index (κ1) is 10.9. The molecule has 0 aliphatic rings. The molecular formula is C9H20N2. The summed E-state index contributed by atoms with van der Waals surface area (Å²) in [5.74, 6) is 6.69. The van der Waals surface area contributed by atoms with Crippen molar-refractivity contribution in [2.45, 2.75) is 44.9 Å². The Balaban J connectivity index is 2.69. The van der Waals surface area contributed by atoms with Crippen molar-refractivity contribution >= 4 is 0 Å². The molecule has 0 spiro atoms. The summed E-state index contributed by atoms with van der Waals surface area (Å²) in [5.41, 5.74) is 2.41. The van der Waals surface area contributed by atoms with E-state index < -0.39 is 0 Å². The van der Waals surface area contributed by atoms with Gasteiger partial charge in [-0.25, -0.2) is 5.43 Å². The maximum Gasteiger partial charge on any atom is 0.0113 e. The Hall–Kier alpha value is -0.0800. The molecule has 0 bridgehead atoms. The summed E-state index contributed by atoms with van der Waals surface area (Å²) in [7, 11) is 0. The normalized spacial score (nSPS) is 10.4. The van der Waals surface area contributed by atoms with Gasteiger partial charge < -0.3 is 0 Å². The van der Waals surface area contributed by atoms with E-state index in [9.17, 15) is 0 Å². The van der Waals surface area contributed by atoms with E-state index in [1.54, 1.807) is 0 Å². The Morgan fingerprint density at radius 2 is 1.45 bits per heavy atom. The molecule has 0 unspecified atom stereocenters. The third kappa shape index (κ3) is 9.92. The summed E-state index contributed by atoms with van der Waals surface area (Å²) >= 11 is 0. The van der Waals surface area contributed by atoms with Crippen LogP contribution in [0.3, 0.4) is 0 Å². The lowest BCUT2D eigenvalue weighted by Gasteiger charge is -1.99. The largest absolute Gasteiger partial charge is 0.243 e. The molecule has 0 aliphatic carbocycles. The lowest BCUT2D eigenvalue weighted by atomic mass is 10.1. The molecule has 2 N–H and O–H groups in total. The van der Waals surface area contributed by atoms with Crippen molar-refractivity contribution in [3.05, 3.63) is 6.92 Å². The third-order valence-electron chi connectivity index (χ3n) is 1.80. The van der Waals surface area contributed by atoms with Crippen molar-refractivity contribution in [1.29, 1.82) is 0 Å². The van der Waals surface area contributed by atoms with Crippen LogP contribution in [0.15, 0.2) is 0 Å². The van der Waals surface area contributed by atoms with Gasteiger partial charge in [0.15, 0.2) is 0 Å². The van der Waals surface area contributed by atoms with Gasteiger partial charge in [-0.05, 0) is 6.42 Å². The Bertz CT molecular complexity index is 56.6. The Morgan fingerprint density at radius 3 is 2.00 bits per heavy atom. The number of hydrogen-bond donors (Lipinski definition) is 1. The monoisotopic (exact) mass is 156 g/mol. The fraction of sp³-hybridized carbons (Fsp3) is 0.889. The molecule has 0 aromatic rings. The zero-order chi connectivity index (χ0) is 8.36. The van der Waals surface area contributed by atoms with Crippen molar-refractivity contribution in [3.63, 3.8) is 0 Å². The van der Waals surface area contributed by atoms with Crippen LogP contribution in [0, 0.1) is 6.92 Å². The summed E-state index contributed by atoms with van der Waals surface area (Å²) in [6.07, 6.45) is 8.76. The van der Waals surface area contributed by atoms with E-state index in [1.807, 2.05) is 0 Å². The molecule has 0 atom stereocenters. The average Bonchev–Trinajstić information content (AvgIpc) is 2.03. The lowest BCUT2D eigenvalue weighted by molar-refractivity contribution is 0.569. The highest BCUT2D eigenvalue weighted by Crippen LogP contribution is 2.05. The minimum Gasteiger partial charge on any atom is -0.243 e.